The first-order valence-electron chi connectivity index (χ1n) is 8.77. The van der Waals surface area contributed by atoms with E-state index in [9.17, 15) is 0 Å². The van der Waals surface area contributed by atoms with Crippen molar-refractivity contribution in [1.29, 1.82) is 0 Å². The standard InChI is InChI=1S/C19H32N2/c1-4-21(5-2)19-12-10-18(11-13-19)15-20-14-17-8-6-16(3)7-9-17/h10-13,16-17,20H,4-9,14-15H2,1-3H3. The van der Waals surface area contributed by atoms with Crippen molar-refractivity contribution >= 4 is 5.69 Å². The molecule has 118 valence electrons. The molecular weight excluding hydrogens is 256 g/mol. The van der Waals surface area contributed by atoms with Crippen molar-refractivity contribution < 1.29 is 0 Å². The molecule has 0 radical (unpaired) electrons. The molecule has 2 nitrogen and oxygen atoms in total. The lowest BCUT2D eigenvalue weighted by molar-refractivity contribution is 0.281. The lowest BCUT2D eigenvalue weighted by Crippen LogP contribution is -2.25. The molecule has 0 spiro atoms. The number of nitrogens with one attached hydrogen (secondary N) is 1. The van der Waals surface area contributed by atoms with Crippen LogP contribution in [0.3, 0.4) is 0 Å². The second-order valence-electron chi connectivity index (χ2n) is 6.60. The van der Waals surface area contributed by atoms with Crippen molar-refractivity contribution in [3.8, 4) is 0 Å². The normalized spacial score (nSPS) is 22.2. The summed E-state index contributed by atoms with van der Waals surface area (Å²) in [6, 6.07) is 9.05. The Morgan fingerprint density at radius 3 is 2.19 bits per heavy atom. The van der Waals surface area contributed by atoms with Gasteiger partial charge in [-0.1, -0.05) is 31.9 Å². The predicted molar refractivity (Wildman–Crippen MR) is 92.8 cm³/mol. The Kier molecular flexibility index (Phi) is 6.56. The molecule has 2 rings (SSSR count). The van der Waals surface area contributed by atoms with Gasteiger partial charge in [0.1, 0.15) is 0 Å². The number of benzene rings is 1. The minimum absolute atomic E-state index is 0.899. The number of nitrogens with zero attached hydrogens (tertiary/aromatic N) is 1. The van der Waals surface area contributed by atoms with E-state index in [2.05, 4.69) is 55.3 Å². The Balaban J connectivity index is 1.73. The van der Waals surface area contributed by atoms with Gasteiger partial charge >= 0.3 is 0 Å². The van der Waals surface area contributed by atoms with Crippen LogP contribution in [-0.4, -0.2) is 19.6 Å². The van der Waals surface area contributed by atoms with E-state index in [1.165, 1.54) is 43.5 Å². The van der Waals surface area contributed by atoms with Crippen molar-refractivity contribution in [2.75, 3.05) is 24.5 Å². The molecule has 1 aliphatic rings. The molecule has 1 N–H and O–H groups in total. The van der Waals surface area contributed by atoms with Crippen LogP contribution in [0, 0.1) is 11.8 Å². The smallest absolute Gasteiger partial charge is 0.0366 e. The lowest BCUT2D eigenvalue weighted by atomic mass is 9.83. The Morgan fingerprint density at radius 2 is 1.62 bits per heavy atom. The SMILES string of the molecule is CCN(CC)c1ccc(CNCC2CCC(C)CC2)cc1. The minimum Gasteiger partial charge on any atom is -0.372 e. The molecule has 0 amide bonds. The molecule has 0 bridgehead atoms. The summed E-state index contributed by atoms with van der Waals surface area (Å²) in [6.07, 6.45) is 5.67. The summed E-state index contributed by atoms with van der Waals surface area (Å²) in [5.74, 6) is 1.85. The summed E-state index contributed by atoms with van der Waals surface area (Å²) in [4.78, 5) is 2.39. The molecule has 1 saturated carbocycles. The number of anilines is 1. The highest BCUT2D eigenvalue weighted by molar-refractivity contribution is 5.47. The number of rotatable bonds is 7. The van der Waals surface area contributed by atoms with Gasteiger partial charge < -0.3 is 10.2 Å². The second kappa shape index (κ2) is 8.43. The minimum atomic E-state index is 0.899. The van der Waals surface area contributed by atoms with E-state index in [0.29, 0.717) is 0 Å². The van der Waals surface area contributed by atoms with Crippen molar-refractivity contribution in [3.63, 3.8) is 0 Å². The van der Waals surface area contributed by atoms with Gasteiger partial charge in [-0.05, 0) is 62.8 Å². The van der Waals surface area contributed by atoms with Crippen LogP contribution in [0.1, 0.15) is 52.0 Å². The maximum atomic E-state index is 3.65. The predicted octanol–water partition coefficient (Wildman–Crippen LogP) is 4.45. The first-order valence-corrected chi connectivity index (χ1v) is 8.77. The van der Waals surface area contributed by atoms with E-state index in [0.717, 1.165) is 31.5 Å². The van der Waals surface area contributed by atoms with Crippen LogP contribution in [0.5, 0.6) is 0 Å². The van der Waals surface area contributed by atoms with E-state index in [1.54, 1.807) is 0 Å². The Morgan fingerprint density at radius 1 is 1.00 bits per heavy atom. The summed E-state index contributed by atoms with van der Waals surface area (Å²) < 4.78 is 0. The molecule has 1 aromatic rings. The van der Waals surface area contributed by atoms with Crippen LogP contribution in [0.2, 0.25) is 0 Å². The highest BCUT2D eigenvalue weighted by Crippen LogP contribution is 2.27. The maximum absolute atomic E-state index is 3.65. The van der Waals surface area contributed by atoms with Gasteiger partial charge in [-0.15, -0.1) is 0 Å². The van der Waals surface area contributed by atoms with Crippen LogP contribution < -0.4 is 10.2 Å². The van der Waals surface area contributed by atoms with Crippen LogP contribution in [0.25, 0.3) is 0 Å². The zero-order chi connectivity index (χ0) is 15.1. The zero-order valence-corrected chi connectivity index (χ0v) is 14.1. The fourth-order valence-corrected chi connectivity index (χ4v) is 3.37. The zero-order valence-electron chi connectivity index (χ0n) is 14.1. The van der Waals surface area contributed by atoms with E-state index in [4.69, 9.17) is 0 Å². The van der Waals surface area contributed by atoms with Gasteiger partial charge in [0.15, 0.2) is 0 Å². The average molecular weight is 288 g/mol. The Labute approximate surface area is 130 Å². The summed E-state index contributed by atoms with van der Waals surface area (Å²) in [5.41, 5.74) is 2.74. The fraction of sp³-hybridized carbons (Fsp3) is 0.684. The van der Waals surface area contributed by atoms with E-state index in [-0.39, 0.29) is 0 Å². The van der Waals surface area contributed by atoms with E-state index >= 15 is 0 Å². The maximum Gasteiger partial charge on any atom is 0.0366 e. The van der Waals surface area contributed by atoms with Crippen molar-refractivity contribution in [2.45, 2.75) is 53.0 Å². The first kappa shape index (κ1) is 16.4. The van der Waals surface area contributed by atoms with Gasteiger partial charge in [-0.2, -0.15) is 0 Å². The fourth-order valence-electron chi connectivity index (χ4n) is 3.37. The molecule has 0 saturated heterocycles. The highest BCUT2D eigenvalue weighted by atomic mass is 15.1. The quantitative estimate of drug-likeness (QED) is 0.797. The molecule has 0 aromatic heterocycles. The third-order valence-corrected chi connectivity index (χ3v) is 4.96. The molecule has 2 heteroatoms. The number of hydrogen-bond donors (Lipinski definition) is 1. The monoisotopic (exact) mass is 288 g/mol. The summed E-state index contributed by atoms with van der Waals surface area (Å²) in [5, 5.41) is 3.65. The first-order chi connectivity index (χ1) is 10.2. The highest BCUT2D eigenvalue weighted by Gasteiger charge is 2.17. The summed E-state index contributed by atoms with van der Waals surface area (Å²) in [6.45, 7) is 11.2. The summed E-state index contributed by atoms with van der Waals surface area (Å²) >= 11 is 0. The van der Waals surface area contributed by atoms with Crippen LogP contribution in [0.15, 0.2) is 24.3 Å². The third kappa shape index (κ3) is 5.03. The molecule has 0 atom stereocenters. The molecule has 0 heterocycles. The molecule has 1 aromatic carbocycles. The van der Waals surface area contributed by atoms with Gasteiger partial charge in [0.05, 0.1) is 0 Å². The van der Waals surface area contributed by atoms with Crippen LogP contribution in [-0.2, 0) is 6.54 Å². The van der Waals surface area contributed by atoms with Gasteiger partial charge in [0.25, 0.3) is 0 Å². The Hall–Kier alpha value is -1.02. The average Bonchev–Trinajstić information content (AvgIpc) is 2.52. The summed E-state index contributed by atoms with van der Waals surface area (Å²) in [7, 11) is 0. The van der Waals surface area contributed by atoms with Gasteiger partial charge in [0.2, 0.25) is 0 Å². The lowest BCUT2D eigenvalue weighted by Gasteiger charge is -2.26. The van der Waals surface area contributed by atoms with E-state index < -0.39 is 0 Å². The molecule has 0 aliphatic heterocycles. The molecule has 1 aliphatic carbocycles. The van der Waals surface area contributed by atoms with Gasteiger partial charge in [0, 0.05) is 25.3 Å². The van der Waals surface area contributed by atoms with E-state index in [1.807, 2.05) is 0 Å². The van der Waals surface area contributed by atoms with Gasteiger partial charge in [-0.3, -0.25) is 0 Å². The van der Waals surface area contributed by atoms with Crippen molar-refractivity contribution in [1.82, 2.24) is 5.32 Å². The van der Waals surface area contributed by atoms with Crippen molar-refractivity contribution in [2.24, 2.45) is 11.8 Å². The molecule has 1 fully saturated rings. The largest absolute Gasteiger partial charge is 0.372 e. The van der Waals surface area contributed by atoms with Crippen LogP contribution in [0.4, 0.5) is 5.69 Å². The second-order valence-corrected chi connectivity index (χ2v) is 6.60. The van der Waals surface area contributed by atoms with Gasteiger partial charge in [-0.25, -0.2) is 0 Å². The Bertz CT molecular complexity index is 387. The van der Waals surface area contributed by atoms with Crippen LogP contribution >= 0.6 is 0 Å². The molecule has 21 heavy (non-hydrogen) atoms. The number of hydrogen-bond acceptors (Lipinski definition) is 2. The third-order valence-electron chi connectivity index (χ3n) is 4.96. The molecular formula is C19H32N2. The van der Waals surface area contributed by atoms with Crippen molar-refractivity contribution in [3.05, 3.63) is 29.8 Å². The molecule has 0 unspecified atom stereocenters. The topological polar surface area (TPSA) is 15.3 Å².